The quantitative estimate of drug-likeness (QED) is 0.799. The Hall–Kier alpha value is -2.13. The van der Waals surface area contributed by atoms with Crippen molar-refractivity contribution in [3.8, 4) is 0 Å². The number of fused-ring (bicyclic) bond motifs is 1. The van der Waals surface area contributed by atoms with E-state index < -0.39 is 0 Å². The Kier molecular flexibility index (Phi) is 3.66. The van der Waals surface area contributed by atoms with Crippen molar-refractivity contribution < 1.29 is 9.53 Å². The van der Waals surface area contributed by atoms with Gasteiger partial charge < -0.3 is 9.64 Å². The van der Waals surface area contributed by atoms with Crippen LogP contribution in [0.2, 0.25) is 0 Å². The van der Waals surface area contributed by atoms with Crippen LogP contribution in [0.3, 0.4) is 0 Å². The molecule has 0 aliphatic carbocycles. The predicted octanol–water partition coefficient (Wildman–Crippen LogP) is 2.99. The van der Waals surface area contributed by atoms with Gasteiger partial charge >= 0.3 is 0 Å². The second-order valence-corrected chi connectivity index (χ2v) is 6.43. The minimum Gasteiger partial charge on any atom is -0.363 e. The zero-order valence-corrected chi connectivity index (χ0v) is 13.3. The number of benzene rings is 2. The van der Waals surface area contributed by atoms with Crippen molar-refractivity contribution in [1.29, 1.82) is 0 Å². The summed E-state index contributed by atoms with van der Waals surface area (Å²) in [5.74, 6) is 0.351. The van der Waals surface area contributed by atoms with Crippen molar-refractivity contribution in [2.45, 2.75) is 31.4 Å². The van der Waals surface area contributed by atoms with Crippen molar-refractivity contribution in [3.63, 3.8) is 0 Å². The van der Waals surface area contributed by atoms with Gasteiger partial charge in [0.25, 0.3) is 5.91 Å². The number of nitrogens with zero attached hydrogens (tertiary/aromatic N) is 1. The Labute approximate surface area is 136 Å². The summed E-state index contributed by atoms with van der Waals surface area (Å²) in [5, 5.41) is 0. The molecule has 0 radical (unpaired) electrons. The summed E-state index contributed by atoms with van der Waals surface area (Å²) in [4.78, 5) is 14.7. The van der Waals surface area contributed by atoms with Crippen LogP contribution < -0.4 is 0 Å². The van der Waals surface area contributed by atoms with Crippen molar-refractivity contribution >= 4 is 5.91 Å². The number of hydrogen-bond acceptors (Lipinski definition) is 2. The summed E-state index contributed by atoms with van der Waals surface area (Å²) in [5.41, 5.74) is 3.96. The number of rotatable bonds is 2. The zero-order valence-electron chi connectivity index (χ0n) is 13.3. The van der Waals surface area contributed by atoms with Crippen LogP contribution >= 0.6 is 0 Å². The maximum absolute atomic E-state index is 12.7. The summed E-state index contributed by atoms with van der Waals surface area (Å²) in [7, 11) is 0. The standard InChI is InChI=1S/C20H21NO2/c1-14-19(16-8-3-2-4-9-16)17-10-6-5-7-15(17)11-12-21(14)20(22)18-13-23-18/h2-10,14,18-19H,11-13H2,1H3. The van der Waals surface area contributed by atoms with Gasteiger partial charge in [-0.1, -0.05) is 54.6 Å². The van der Waals surface area contributed by atoms with Crippen LogP contribution in [0.1, 0.15) is 29.5 Å². The summed E-state index contributed by atoms with van der Waals surface area (Å²) >= 11 is 0. The second kappa shape index (κ2) is 5.82. The summed E-state index contributed by atoms with van der Waals surface area (Å²) < 4.78 is 5.24. The van der Waals surface area contributed by atoms with Crippen LogP contribution in [-0.2, 0) is 16.0 Å². The molecule has 2 aromatic rings. The Morgan fingerprint density at radius 2 is 1.78 bits per heavy atom. The molecule has 2 aromatic carbocycles. The minimum atomic E-state index is -0.213. The van der Waals surface area contributed by atoms with Gasteiger partial charge in [0.2, 0.25) is 0 Å². The first-order valence-electron chi connectivity index (χ1n) is 8.30. The molecule has 1 fully saturated rings. The third-order valence-corrected chi connectivity index (χ3v) is 5.04. The molecule has 3 heteroatoms. The highest BCUT2D eigenvalue weighted by atomic mass is 16.6. The Morgan fingerprint density at radius 1 is 1.09 bits per heavy atom. The van der Waals surface area contributed by atoms with Crippen molar-refractivity contribution in [1.82, 2.24) is 4.90 Å². The fourth-order valence-electron chi connectivity index (χ4n) is 3.75. The van der Waals surface area contributed by atoms with Crippen LogP contribution in [-0.4, -0.2) is 36.1 Å². The average Bonchev–Trinajstić information content (AvgIpc) is 3.42. The second-order valence-electron chi connectivity index (χ2n) is 6.43. The van der Waals surface area contributed by atoms with E-state index in [-0.39, 0.29) is 24.0 Å². The third-order valence-electron chi connectivity index (χ3n) is 5.04. The highest BCUT2D eigenvalue weighted by molar-refractivity contribution is 5.83. The van der Waals surface area contributed by atoms with E-state index in [1.54, 1.807) is 0 Å². The summed E-state index contributed by atoms with van der Waals surface area (Å²) in [6.07, 6.45) is 0.692. The first-order chi connectivity index (χ1) is 11.3. The van der Waals surface area contributed by atoms with Gasteiger partial charge in [0.15, 0.2) is 6.10 Å². The molecule has 4 rings (SSSR count). The molecule has 1 amide bonds. The van der Waals surface area contributed by atoms with E-state index in [1.165, 1.54) is 16.7 Å². The molecule has 2 aliphatic heterocycles. The molecule has 0 bridgehead atoms. The molecular formula is C20H21NO2. The number of amides is 1. The van der Waals surface area contributed by atoms with Crippen molar-refractivity contribution in [3.05, 3.63) is 71.3 Å². The maximum atomic E-state index is 12.7. The number of epoxide rings is 1. The predicted molar refractivity (Wildman–Crippen MR) is 89.3 cm³/mol. The van der Waals surface area contributed by atoms with Gasteiger partial charge in [-0.3, -0.25) is 4.79 Å². The van der Waals surface area contributed by atoms with E-state index in [9.17, 15) is 4.79 Å². The monoisotopic (exact) mass is 307 g/mol. The third kappa shape index (κ3) is 2.66. The lowest BCUT2D eigenvalue weighted by Crippen LogP contribution is -2.44. The molecular weight excluding hydrogens is 286 g/mol. The molecule has 2 heterocycles. The SMILES string of the molecule is CC1C(c2ccccc2)c2ccccc2CCN1C(=O)C1CO1. The van der Waals surface area contributed by atoms with Gasteiger partial charge in [0.05, 0.1) is 6.61 Å². The van der Waals surface area contributed by atoms with Gasteiger partial charge in [0.1, 0.15) is 0 Å². The number of carbonyl (C=O) groups is 1. The van der Waals surface area contributed by atoms with Gasteiger partial charge in [-0.15, -0.1) is 0 Å². The molecule has 0 saturated carbocycles. The first kappa shape index (κ1) is 14.5. The average molecular weight is 307 g/mol. The van der Waals surface area contributed by atoms with E-state index in [0.717, 1.165) is 13.0 Å². The van der Waals surface area contributed by atoms with E-state index in [0.29, 0.717) is 6.61 Å². The lowest BCUT2D eigenvalue weighted by molar-refractivity contribution is -0.134. The summed E-state index contributed by atoms with van der Waals surface area (Å²) in [6.45, 7) is 3.51. The molecule has 3 nitrogen and oxygen atoms in total. The first-order valence-corrected chi connectivity index (χ1v) is 8.30. The molecule has 2 aliphatic rings. The molecule has 23 heavy (non-hydrogen) atoms. The summed E-state index contributed by atoms with van der Waals surface area (Å²) in [6, 6.07) is 19.2. The van der Waals surface area contributed by atoms with Crippen LogP contribution in [0.15, 0.2) is 54.6 Å². The lowest BCUT2D eigenvalue weighted by Gasteiger charge is -2.33. The normalized spacial score (nSPS) is 26.3. The van der Waals surface area contributed by atoms with E-state index in [1.807, 2.05) is 11.0 Å². The Balaban J connectivity index is 1.78. The van der Waals surface area contributed by atoms with Crippen LogP contribution in [0.5, 0.6) is 0 Å². The Morgan fingerprint density at radius 3 is 2.52 bits per heavy atom. The van der Waals surface area contributed by atoms with Crippen LogP contribution in [0, 0.1) is 0 Å². The highest BCUT2D eigenvalue weighted by Crippen LogP contribution is 2.36. The van der Waals surface area contributed by atoms with Crippen molar-refractivity contribution in [2.75, 3.05) is 13.2 Å². The van der Waals surface area contributed by atoms with Crippen LogP contribution in [0.25, 0.3) is 0 Å². The van der Waals surface area contributed by atoms with E-state index >= 15 is 0 Å². The molecule has 0 N–H and O–H groups in total. The fourth-order valence-corrected chi connectivity index (χ4v) is 3.75. The molecule has 3 atom stereocenters. The molecule has 1 saturated heterocycles. The molecule has 3 unspecified atom stereocenters. The minimum absolute atomic E-state index is 0.123. The highest BCUT2D eigenvalue weighted by Gasteiger charge is 2.40. The van der Waals surface area contributed by atoms with Gasteiger partial charge in [-0.25, -0.2) is 0 Å². The van der Waals surface area contributed by atoms with Gasteiger partial charge in [-0.2, -0.15) is 0 Å². The van der Waals surface area contributed by atoms with E-state index in [2.05, 4.69) is 55.5 Å². The number of hydrogen-bond donors (Lipinski definition) is 0. The van der Waals surface area contributed by atoms with Gasteiger partial charge in [0, 0.05) is 18.5 Å². The largest absolute Gasteiger partial charge is 0.363 e. The van der Waals surface area contributed by atoms with E-state index in [4.69, 9.17) is 4.74 Å². The zero-order chi connectivity index (χ0) is 15.8. The van der Waals surface area contributed by atoms with Crippen molar-refractivity contribution in [2.24, 2.45) is 0 Å². The smallest absolute Gasteiger partial charge is 0.254 e. The fraction of sp³-hybridized carbons (Fsp3) is 0.350. The molecule has 0 aromatic heterocycles. The maximum Gasteiger partial charge on any atom is 0.254 e. The topological polar surface area (TPSA) is 32.8 Å². The van der Waals surface area contributed by atoms with Crippen LogP contribution in [0.4, 0.5) is 0 Å². The molecule has 0 spiro atoms. The molecule has 118 valence electrons. The number of carbonyl (C=O) groups excluding carboxylic acids is 1. The lowest BCUT2D eigenvalue weighted by atomic mass is 9.83. The van der Waals surface area contributed by atoms with Gasteiger partial charge in [-0.05, 0) is 30.0 Å². The Bertz CT molecular complexity index is 709. The number of ether oxygens (including phenoxy) is 1.